The van der Waals surface area contributed by atoms with E-state index in [1.165, 1.54) is 27.5 Å². The fraction of sp³-hybridized carbons (Fsp3) is 0.385. The molecule has 1 aliphatic rings. The van der Waals surface area contributed by atoms with E-state index in [-0.39, 0.29) is 24.1 Å². The van der Waals surface area contributed by atoms with Crippen LogP contribution < -0.4 is 11.4 Å². The molecule has 0 spiro atoms. The molecule has 0 unspecified atom stereocenters. The minimum Gasteiger partial charge on any atom is -0.508 e. The van der Waals surface area contributed by atoms with Crippen LogP contribution in [0.1, 0.15) is 55.9 Å². The maximum absolute atomic E-state index is 11.4. The Labute approximate surface area is 209 Å². The van der Waals surface area contributed by atoms with Gasteiger partial charge in [-0.1, -0.05) is 38.1 Å². The third-order valence-corrected chi connectivity index (χ3v) is 7.16. The van der Waals surface area contributed by atoms with Gasteiger partial charge in [-0.05, 0) is 66.1 Å². The summed E-state index contributed by atoms with van der Waals surface area (Å²) in [5, 5.41) is 27.7. The molecular formula is C26H33N3O5S. The molecule has 3 aromatic rings. The van der Waals surface area contributed by atoms with Gasteiger partial charge < -0.3 is 25.8 Å². The smallest absolute Gasteiger partial charge is 0.351 e. The number of aromatic nitrogens is 2. The molecule has 1 aromatic heterocycles. The van der Waals surface area contributed by atoms with Crippen molar-refractivity contribution in [2.45, 2.75) is 50.2 Å². The average molecular weight is 500 g/mol. The van der Waals surface area contributed by atoms with Gasteiger partial charge in [-0.3, -0.25) is 4.57 Å². The van der Waals surface area contributed by atoms with Gasteiger partial charge in [0, 0.05) is 11.9 Å². The van der Waals surface area contributed by atoms with Crippen LogP contribution >= 0.6 is 11.8 Å². The highest BCUT2D eigenvalue weighted by Gasteiger charge is 2.27. The number of aliphatic hydroxyl groups excluding tert-OH is 1. The lowest BCUT2D eigenvalue weighted by Gasteiger charge is -2.26. The van der Waals surface area contributed by atoms with E-state index in [9.17, 15) is 15.0 Å². The number of hydrogen-bond acceptors (Lipinski definition) is 8. The van der Waals surface area contributed by atoms with Crippen molar-refractivity contribution in [3.63, 3.8) is 0 Å². The second-order valence-electron chi connectivity index (χ2n) is 8.29. The van der Waals surface area contributed by atoms with Crippen LogP contribution in [0.5, 0.6) is 11.5 Å². The molecule has 0 amide bonds. The summed E-state index contributed by atoms with van der Waals surface area (Å²) in [5.74, 6) is 2.27. The fourth-order valence-corrected chi connectivity index (χ4v) is 5.21. The third kappa shape index (κ3) is 7.00. The number of nitrogens with zero attached hydrogens (tertiary/aromatic N) is 2. The molecule has 188 valence electrons. The van der Waals surface area contributed by atoms with E-state index in [1.54, 1.807) is 36.5 Å². The van der Waals surface area contributed by atoms with E-state index in [0.29, 0.717) is 29.1 Å². The maximum Gasteiger partial charge on any atom is 0.351 e. The molecule has 2 aromatic carbocycles. The highest BCUT2D eigenvalue weighted by atomic mass is 32.2. The van der Waals surface area contributed by atoms with E-state index in [0.717, 1.165) is 12.8 Å². The number of phenolic OH excluding ortho intramolecular Hbond substituents is 2. The predicted molar refractivity (Wildman–Crippen MR) is 139 cm³/mol. The molecule has 0 bridgehead atoms. The van der Waals surface area contributed by atoms with Gasteiger partial charge >= 0.3 is 5.69 Å². The van der Waals surface area contributed by atoms with Gasteiger partial charge in [-0.25, -0.2) is 4.79 Å². The molecule has 0 aliphatic carbocycles. The van der Waals surface area contributed by atoms with Crippen molar-refractivity contribution in [1.82, 2.24) is 9.55 Å². The van der Waals surface area contributed by atoms with Crippen LogP contribution in [-0.2, 0) is 4.74 Å². The molecule has 1 fully saturated rings. The first-order valence-electron chi connectivity index (χ1n) is 11.7. The molecule has 1 aliphatic heterocycles. The van der Waals surface area contributed by atoms with Gasteiger partial charge in [0.2, 0.25) is 0 Å². The summed E-state index contributed by atoms with van der Waals surface area (Å²) in [7, 11) is 0. The summed E-state index contributed by atoms with van der Waals surface area (Å²) in [6.07, 6.45) is 3.27. The first kappa shape index (κ1) is 26.6. The largest absolute Gasteiger partial charge is 0.508 e. The number of thioether (sulfide) groups is 1. The van der Waals surface area contributed by atoms with Crippen LogP contribution in [0, 0.1) is 0 Å². The first-order valence-corrected chi connectivity index (χ1v) is 12.7. The Morgan fingerprint density at radius 2 is 1.51 bits per heavy atom. The first-order chi connectivity index (χ1) is 16.9. The zero-order valence-electron chi connectivity index (χ0n) is 19.9. The Morgan fingerprint density at radius 3 is 1.91 bits per heavy atom. The SMILES string of the molecule is CC[C@H](c1ccc(O)cc1)[C@@H](CC)c1ccc(O)cc1.Nc1ccn([C@H]2CS[C@@H](CO)O2)c(=O)n1. The monoisotopic (exact) mass is 499 g/mol. The number of anilines is 1. The molecule has 5 N–H and O–H groups in total. The Kier molecular flexibility index (Phi) is 9.59. The molecule has 35 heavy (non-hydrogen) atoms. The summed E-state index contributed by atoms with van der Waals surface area (Å²) in [5.41, 5.74) is 7.18. The summed E-state index contributed by atoms with van der Waals surface area (Å²) in [6.45, 7) is 4.33. The second-order valence-corrected chi connectivity index (χ2v) is 9.48. The summed E-state index contributed by atoms with van der Waals surface area (Å²) in [6, 6.07) is 16.6. The minimum atomic E-state index is -0.431. The third-order valence-electron chi connectivity index (χ3n) is 6.05. The second kappa shape index (κ2) is 12.6. The molecule has 2 heterocycles. The molecule has 1 saturated heterocycles. The maximum atomic E-state index is 11.4. The minimum absolute atomic E-state index is 0.0572. The van der Waals surface area contributed by atoms with E-state index < -0.39 is 5.69 Å². The van der Waals surface area contributed by atoms with Gasteiger partial charge in [-0.15, -0.1) is 11.8 Å². The molecule has 9 heteroatoms. The van der Waals surface area contributed by atoms with E-state index in [4.69, 9.17) is 15.6 Å². The van der Waals surface area contributed by atoms with Gasteiger partial charge in [0.15, 0.2) is 0 Å². The Bertz CT molecular complexity index is 1070. The normalized spacial score (nSPS) is 18.9. The standard InChI is InChI=1S/C18H22O2.C8H11N3O3S/c1-3-17(13-5-9-15(19)10-6-13)18(4-2)14-7-11-16(20)12-8-14;9-5-1-2-11(8(13)10-5)6-4-15-7(3-12)14-6/h5-12,17-20H,3-4H2,1-2H3;1-2,6-7,12H,3-4H2,(H2,9,10,13)/t17-,18+;6-,7+/m.1/s1. The number of nitrogen functional groups attached to an aromatic ring is 1. The average Bonchev–Trinajstić information content (AvgIpc) is 3.33. The lowest BCUT2D eigenvalue weighted by atomic mass is 9.78. The van der Waals surface area contributed by atoms with Crippen LogP contribution in [0.15, 0.2) is 65.6 Å². The molecule has 4 rings (SSSR count). The number of ether oxygens (including phenoxy) is 1. The van der Waals surface area contributed by atoms with Crippen molar-refractivity contribution in [3.8, 4) is 11.5 Å². The molecule has 0 radical (unpaired) electrons. The van der Waals surface area contributed by atoms with Crippen molar-refractivity contribution in [1.29, 1.82) is 0 Å². The van der Waals surface area contributed by atoms with Crippen molar-refractivity contribution in [3.05, 3.63) is 82.4 Å². The Balaban J connectivity index is 0.000000203. The van der Waals surface area contributed by atoms with E-state index in [2.05, 4.69) is 18.8 Å². The highest BCUT2D eigenvalue weighted by Crippen LogP contribution is 2.38. The zero-order valence-corrected chi connectivity index (χ0v) is 20.8. The van der Waals surface area contributed by atoms with Crippen LogP contribution in [-0.4, -0.2) is 42.7 Å². The van der Waals surface area contributed by atoms with Crippen molar-refractivity contribution in [2.75, 3.05) is 18.1 Å². The number of hydrogen-bond donors (Lipinski definition) is 4. The van der Waals surface area contributed by atoms with E-state index >= 15 is 0 Å². The van der Waals surface area contributed by atoms with Crippen molar-refractivity contribution < 1.29 is 20.1 Å². The topological polar surface area (TPSA) is 131 Å². The number of nitrogens with two attached hydrogens (primary N) is 1. The van der Waals surface area contributed by atoms with Crippen LogP contribution in [0.4, 0.5) is 5.82 Å². The van der Waals surface area contributed by atoms with Crippen molar-refractivity contribution in [2.24, 2.45) is 0 Å². The van der Waals surface area contributed by atoms with Gasteiger partial charge in [0.1, 0.15) is 29.0 Å². The number of phenols is 2. The van der Waals surface area contributed by atoms with Crippen LogP contribution in [0.25, 0.3) is 0 Å². The molecular weight excluding hydrogens is 466 g/mol. The number of rotatable bonds is 7. The summed E-state index contributed by atoms with van der Waals surface area (Å²) >= 11 is 1.47. The zero-order chi connectivity index (χ0) is 25.4. The predicted octanol–water partition coefficient (Wildman–Crippen LogP) is 4.19. The van der Waals surface area contributed by atoms with Crippen molar-refractivity contribution >= 4 is 17.6 Å². The van der Waals surface area contributed by atoms with Gasteiger partial charge in [0.25, 0.3) is 0 Å². The van der Waals surface area contributed by atoms with Gasteiger partial charge in [-0.2, -0.15) is 4.98 Å². The fourth-order valence-electron chi connectivity index (χ4n) is 4.28. The Hall–Kier alpha value is -3.01. The van der Waals surface area contributed by atoms with Crippen LogP contribution in [0.2, 0.25) is 0 Å². The van der Waals surface area contributed by atoms with E-state index in [1.807, 2.05) is 24.3 Å². The summed E-state index contributed by atoms with van der Waals surface area (Å²) in [4.78, 5) is 15.0. The summed E-state index contributed by atoms with van der Waals surface area (Å²) < 4.78 is 6.79. The number of aromatic hydroxyl groups is 2. The lowest BCUT2D eigenvalue weighted by molar-refractivity contribution is -0.00629. The lowest BCUT2D eigenvalue weighted by Crippen LogP contribution is -2.28. The number of aliphatic hydroxyl groups is 1. The highest BCUT2D eigenvalue weighted by molar-refractivity contribution is 8.00. The quantitative estimate of drug-likeness (QED) is 0.381. The molecule has 8 nitrogen and oxygen atoms in total. The molecule has 0 saturated carbocycles. The van der Waals surface area contributed by atoms with Gasteiger partial charge in [0.05, 0.1) is 6.61 Å². The number of benzene rings is 2. The van der Waals surface area contributed by atoms with Crippen LogP contribution in [0.3, 0.4) is 0 Å². The Morgan fingerprint density at radius 1 is 1.00 bits per heavy atom. The molecule has 4 atom stereocenters.